The number of rotatable bonds is 3. The zero-order valence-corrected chi connectivity index (χ0v) is 14.8. The first kappa shape index (κ1) is 18.3. The minimum atomic E-state index is 0. The molecule has 23 heavy (non-hydrogen) atoms. The fourth-order valence-electron chi connectivity index (χ4n) is 3.29. The number of carbonyl (C=O) groups is 1. The number of hydrogen-bond donors (Lipinski definition) is 1. The van der Waals surface area contributed by atoms with E-state index in [9.17, 15) is 4.79 Å². The molecule has 2 heterocycles. The average Bonchev–Trinajstić information content (AvgIpc) is 3.05. The summed E-state index contributed by atoms with van der Waals surface area (Å²) < 4.78 is 5.30. The number of ether oxygens (including phenoxy) is 1. The van der Waals surface area contributed by atoms with Crippen LogP contribution in [0.1, 0.15) is 16.8 Å². The molecule has 128 valence electrons. The number of halogens is 2. The molecule has 7 heteroatoms. The summed E-state index contributed by atoms with van der Waals surface area (Å²) in [6.45, 7) is 5.77. The first-order valence-electron chi connectivity index (χ1n) is 7.76. The summed E-state index contributed by atoms with van der Waals surface area (Å²) in [5.74, 6) is 0.594. The van der Waals surface area contributed by atoms with Gasteiger partial charge in [0.15, 0.2) is 0 Å². The molecule has 1 aromatic rings. The quantitative estimate of drug-likeness (QED) is 0.894. The van der Waals surface area contributed by atoms with Crippen LogP contribution in [-0.2, 0) is 0 Å². The van der Waals surface area contributed by atoms with Crippen molar-refractivity contribution >= 4 is 29.9 Å². The Morgan fingerprint density at radius 1 is 1.30 bits per heavy atom. The summed E-state index contributed by atoms with van der Waals surface area (Å²) in [4.78, 5) is 17.2. The Labute approximate surface area is 148 Å². The van der Waals surface area contributed by atoms with Crippen molar-refractivity contribution in [3.8, 4) is 5.75 Å². The molecule has 1 unspecified atom stereocenters. The Morgan fingerprint density at radius 3 is 2.74 bits per heavy atom. The maximum atomic E-state index is 12.8. The number of carbonyl (C=O) groups excluding carboxylic acids is 1. The van der Waals surface area contributed by atoms with E-state index in [1.807, 2.05) is 4.90 Å². The molecule has 0 aliphatic carbocycles. The molecule has 1 atom stereocenters. The predicted molar refractivity (Wildman–Crippen MR) is 94.0 cm³/mol. The van der Waals surface area contributed by atoms with Gasteiger partial charge in [0, 0.05) is 50.3 Å². The lowest BCUT2D eigenvalue weighted by Crippen LogP contribution is -2.49. The normalized spacial score (nSPS) is 21.8. The highest BCUT2D eigenvalue weighted by Crippen LogP contribution is 2.26. The van der Waals surface area contributed by atoms with Crippen LogP contribution in [0.4, 0.5) is 0 Å². The minimum absolute atomic E-state index is 0. The lowest BCUT2D eigenvalue weighted by Gasteiger charge is -2.32. The minimum Gasteiger partial charge on any atom is -0.496 e. The van der Waals surface area contributed by atoms with Gasteiger partial charge < -0.3 is 15.0 Å². The lowest BCUT2D eigenvalue weighted by atomic mass is 10.1. The first-order valence-corrected chi connectivity index (χ1v) is 8.14. The summed E-state index contributed by atoms with van der Waals surface area (Å²) >= 11 is 6.03. The van der Waals surface area contributed by atoms with Crippen LogP contribution in [0, 0.1) is 0 Å². The zero-order chi connectivity index (χ0) is 15.5. The Kier molecular flexibility index (Phi) is 6.53. The van der Waals surface area contributed by atoms with E-state index in [1.54, 1.807) is 25.3 Å². The van der Waals surface area contributed by atoms with Crippen LogP contribution in [0.5, 0.6) is 5.75 Å². The Bertz CT molecular complexity index is 550. The maximum Gasteiger partial charge on any atom is 0.257 e. The summed E-state index contributed by atoms with van der Waals surface area (Å²) in [7, 11) is 1.58. The molecule has 0 radical (unpaired) electrons. The van der Waals surface area contributed by atoms with Crippen molar-refractivity contribution in [2.24, 2.45) is 0 Å². The van der Waals surface area contributed by atoms with E-state index in [-0.39, 0.29) is 18.3 Å². The molecule has 1 N–H and O–H groups in total. The highest BCUT2D eigenvalue weighted by Gasteiger charge is 2.32. The van der Waals surface area contributed by atoms with Gasteiger partial charge in [-0.25, -0.2) is 0 Å². The molecule has 0 aromatic heterocycles. The predicted octanol–water partition coefficient (Wildman–Crippen LogP) is 1.89. The third kappa shape index (κ3) is 4.10. The van der Waals surface area contributed by atoms with Crippen LogP contribution in [0.2, 0.25) is 5.02 Å². The maximum absolute atomic E-state index is 12.8. The van der Waals surface area contributed by atoms with Crippen molar-refractivity contribution in [2.45, 2.75) is 12.5 Å². The van der Waals surface area contributed by atoms with Gasteiger partial charge >= 0.3 is 0 Å². The molecule has 2 fully saturated rings. The second-order valence-electron chi connectivity index (χ2n) is 5.82. The molecule has 1 amide bonds. The van der Waals surface area contributed by atoms with E-state index < -0.39 is 0 Å². The van der Waals surface area contributed by atoms with Gasteiger partial charge in [0.1, 0.15) is 5.75 Å². The Hall–Kier alpha value is -1.01. The van der Waals surface area contributed by atoms with Gasteiger partial charge in [0.25, 0.3) is 5.91 Å². The van der Waals surface area contributed by atoms with Crippen LogP contribution in [-0.4, -0.2) is 68.1 Å². The van der Waals surface area contributed by atoms with Crippen molar-refractivity contribution in [3.63, 3.8) is 0 Å². The fraction of sp³-hybridized carbons (Fsp3) is 0.562. The van der Waals surface area contributed by atoms with Crippen molar-refractivity contribution < 1.29 is 9.53 Å². The molecule has 2 saturated heterocycles. The van der Waals surface area contributed by atoms with E-state index >= 15 is 0 Å². The molecule has 1 aromatic carbocycles. The van der Waals surface area contributed by atoms with Crippen LogP contribution < -0.4 is 10.1 Å². The van der Waals surface area contributed by atoms with Crippen LogP contribution >= 0.6 is 24.0 Å². The van der Waals surface area contributed by atoms with Crippen molar-refractivity contribution in [3.05, 3.63) is 28.8 Å². The Balaban J connectivity index is 0.00000192. The van der Waals surface area contributed by atoms with E-state index in [1.165, 1.54) is 0 Å². The third-order valence-corrected chi connectivity index (χ3v) is 4.75. The highest BCUT2D eigenvalue weighted by atomic mass is 35.5. The summed E-state index contributed by atoms with van der Waals surface area (Å²) in [6, 6.07) is 5.65. The molecule has 0 spiro atoms. The van der Waals surface area contributed by atoms with Gasteiger partial charge in [0.2, 0.25) is 0 Å². The number of hydrogen-bond acceptors (Lipinski definition) is 4. The third-order valence-electron chi connectivity index (χ3n) is 4.51. The van der Waals surface area contributed by atoms with Gasteiger partial charge in [-0.3, -0.25) is 9.69 Å². The summed E-state index contributed by atoms with van der Waals surface area (Å²) in [6.07, 6.45) is 1.04. The van der Waals surface area contributed by atoms with Gasteiger partial charge in [-0.05, 0) is 24.6 Å². The number of benzene rings is 1. The Morgan fingerprint density at radius 2 is 2.04 bits per heavy atom. The zero-order valence-electron chi connectivity index (χ0n) is 13.3. The number of amides is 1. The van der Waals surface area contributed by atoms with Crippen LogP contribution in [0.25, 0.3) is 0 Å². The molecule has 5 nitrogen and oxygen atoms in total. The van der Waals surface area contributed by atoms with E-state index in [0.29, 0.717) is 22.4 Å². The molecular weight excluding hydrogens is 337 g/mol. The largest absolute Gasteiger partial charge is 0.496 e. The number of nitrogens with one attached hydrogen (secondary N) is 1. The van der Waals surface area contributed by atoms with Gasteiger partial charge in [0.05, 0.1) is 12.7 Å². The topological polar surface area (TPSA) is 44.8 Å². The SMILES string of the molecule is COc1ccc(Cl)cc1C(=O)N1CCC(N2CCNCC2)C1.Cl. The van der Waals surface area contributed by atoms with Crippen LogP contribution in [0.15, 0.2) is 18.2 Å². The molecule has 2 aliphatic heterocycles. The average molecular weight is 360 g/mol. The van der Waals surface area contributed by atoms with Gasteiger partial charge in [-0.15, -0.1) is 12.4 Å². The van der Waals surface area contributed by atoms with Gasteiger partial charge in [-0.2, -0.15) is 0 Å². The smallest absolute Gasteiger partial charge is 0.257 e. The summed E-state index contributed by atoms with van der Waals surface area (Å²) in [5, 5.41) is 3.92. The molecule has 2 aliphatic rings. The number of nitrogens with zero attached hydrogens (tertiary/aromatic N) is 2. The van der Waals surface area contributed by atoms with Gasteiger partial charge in [-0.1, -0.05) is 11.6 Å². The molecular formula is C16H23Cl2N3O2. The van der Waals surface area contributed by atoms with Crippen LogP contribution in [0.3, 0.4) is 0 Å². The highest BCUT2D eigenvalue weighted by molar-refractivity contribution is 6.31. The number of methoxy groups -OCH3 is 1. The number of piperazine rings is 1. The standard InChI is InChI=1S/C16H22ClN3O2.ClH/c1-22-15-3-2-12(17)10-14(15)16(21)20-7-4-13(11-20)19-8-5-18-6-9-19;/h2-3,10,13,18H,4-9,11H2,1H3;1H. The van der Waals surface area contributed by atoms with E-state index in [2.05, 4.69) is 10.2 Å². The first-order chi connectivity index (χ1) is 10.7. The lowest BCUT2D eigenvalue weighted by molar-refractivity contribution is 0.0770. The fourth-order valence-corrected chi connectivity index (χ4v) is 3.46. The van der Waals surface area contributed by atoms with Crippen molar-refractivity contribution in [2.75, 3.05) is 46.4 Å². The van der Waals surface area contributed by atoms with Crippen molar-refractivity contribution in [1.29, 1.82) is 0 Å². The second-order valence-corrected chi connectivity index (χ2v) is 6.26. The monoisotopic (exact) mass is 359 g/mol. The van der Waals surface area contributed by atoms with E-state index in [0.717, 1.165) is 45.7 Å². The second kappa shape index (κ2) is 8.20. The summed E-state index contributed by atoms with van der Waals surface area (Å²) in [5.41, 5.74) is 0.552. The molecule has 0 bridgehead atoms. The number of likely N-dealkylation sites (tertiary alicyclic amines) is 1. The molecule has 0 saturated carbocycles. The molecule has 3 rings (SSSR count). The van der Waals surface area contributed by atoms with Crippen molar-refractivity contribution in [1.82, 2.24) is 15.1 Å². The van der Waals surface area contributed by atoms with E-state index in [4.69, 9.17) is 16.3 Å².